The van der Waals surface area contributed by atoms with Gasteiger partial charge in [0.25, 0.3) is 5.91 Å². The normalized spacial score (nSPS) is 8.11. The molecule has 9 heavy (non-hydrogen) atoms. The molecule has 3 nitrogen and oxygen atoms in total. The number of likely N-dealkylation sites (N-methyl/N-ethyl adjacent to an activating group) is 1. The molecule has 2 N–H and O–H groups in total. The molecule has 1 amide bonds. The Morgan fingerprint density at radius 2 is 2.44 bits per heavy atom. The lowest BCUT2D eigenvalue weighted by Crippen LogP contribution is -2.30. The van der Waals surface area contributed by atoms with Crippen molar-refractivity contribution in [2.24, 2.45) is 5.73 Å². The van der Waals surface area contributed by atoms with Gasteiger partial charge in [-0.05, 0) is 5.92 Å². The van der Waals surface area contributed by atoms with Crippen molar-refractivity contribution in [3.05, 3.63) is 0 Å². The third kappa shape index (κ3) is 2.73. The summed E-state index contributed by atoms with van der Waals surface area (Å²) in [5.74, 6) is 1.66. The van der Waals surface area contributed by atoms with Crippen LogP contribution in [0.25, 0.3) is 0 Å². The van der Waals surface area contributed by atoms with Gasteiger partial charge in [-0.15, -0.1) is 6.42 Å². The van der Waals surface area contributed by atoms with Crippen LogP contribution in [0.4, 0.5) is 0 Å². The highest BCUT2D eigenvalue weighted by molar-refractivity contribution is 5.92. The molecule has 0 heterocycles. The van der Waals surface area contributed by atoms with E-state index in [9.17, 15) is 4.79 Å². The van der Waals surface area contributed by atoms with Gasteiger partial charge in [0.2, 0.25) is 0 Å². The Kier molecular flexibility index (Phi) is 3.49. The molecule has 0 aliphatic carbocycles. The molecule has 0 aromatic heterocycles. The van der Waals surface area contributed by atoms with Crippen molar-refractivity contribution >= 4 is 5.91 Å². The summed E-state index contributed by atoms with van der Waals surface area (Å²) in [4.78, 5) is 11.9. The second-order valence-electron chi connectivity index (χ2n) is 1.66. The summed E-state index contributed by atoms with van der Waals surface area (Å²) in [6, 6.07) is 0. The molecule has 0 atom stereocenters. The van der Waals surface area contributed by atoms with E-state index in [1.54, 1.807) is 7.05 Å². The highest BCUT2D eigenvalue weighted by Gasteiger charge is 2.00. The number of nitrogens with zero attached hydrogens (tertiary/aromatic N) is 1. The maximum Gasteiger partial charge on any atom is 0.297 e. The maximum absolute atomic E-state index is 10.5. The second kappa shape index (κ2) is 3.93. The summed E-state index contributed by atoms with van der Waals surface area (Å²) in [5, 5.41) is 0. The van der Waals surface area contributed by atoms with Gasteiger partial charge in [0.1, 0.15) is 0 Å². The maximum atomic E-state index is 10.5. The molecular formula is C6H10N2O. The molecule has 0 unspecified atom stereocenters. The lowest BCUT2D eigenvalue weighted by Gasteiger charge is -2.10. The standard InChI is InChI=1S/C6H10N2O/c1-3-6(9)8(2)5-4-7/h1H,4-5,7H2,2H3. The van der Waals surface area contributed by atoms with Gasteiger partial charge in [0, 0.05) is 20.1 Å². The fourth-order valence-corrected chi connectivity index (χ4v) is 0.405. The number of rotatable bonds is 2. The van der Waals surface area contributed by atoms with E-state index in [1.165, 1.54) is 4.90 Å². The fourth-order valence-electron chi connectivity index (χ4n) is 0.405. The van der Waals surface area contributed by atoms with E-state index < -0.39 is 0 Å². The van der Waals surface area contributed by atoms with Crippen molar-refractivity contribution in [1.82, 2.24) is 4.90 Å². The molecule has 0 aromatic rings. The van der Waals surface area contributed by atoms with Crippen LogP contribution in [0, 0.1) is 12.3 Å². The highest BCUT2D eigenvalue weighted by Crippen LogP contribution is 1.78. The van der Waals surface area contributed by atoms with Crippen LogP contribution in [-0.4, -0.2) is 30.9 Å². The molecule has 0 aliphatic heterocycles. The number of carbonyl (C=O) groups excluding carboxylic acids is 1. The molecule has 50 valence electrons. The second-order valence-corrected chi connectivity index (χ2v) is 1.66. The zero-order valence-corrected chi connectivity index (χ0v) is 5.42. The van der Waals surface area contributed by atoms with Crippen molar-refractivity contribution < 1.29 is 4.79 Å². The Hall–Kier alpha value is -1.01. The van der Waals surface area contributed by atoms with Gasteiger partial charge in [-0.2, -0.15) is 0 Å². The summed E-state index contributed by atoms with van der Waals surface area (Å²) < 4.78 is 0. The SMILES string of the molecule is C#CC(=O)N(C)CCN. The summed E-state index contributed by atoms with van der Waals surface area (Å²) in [5.41, 5.74) is 5.16. The van der Waals surface area contributed by atoms with Crippen LogP contribution in [0.15, 0.2) is 0 Å². The summed E-state index contributed by atoms with van der Waals surface area (Å²) in [6.07, 6.45) is 4.82. The number of amides is 1. The Morgan fingerprint density at radius 1 is 1.89 bits per heavy atom. The molecule has 0 rings (SSSR count). The molecule has 0 fully saturated rings. The van der Waals surface area contributed by atoms with Gasteiger partial charge < -0.3 is 10.6 Å². The summed E-state index contributed by atoms with van der Waals surface area (Å²) >= 11 is 0. The van der Waals surface area contributed by atoms with E-state index in [0.717, 1.165) is 0 Å². The summed E-state index contributed by atoms with van der Waals surface area (Å²) in [7, 11) is 1.62. The van der Waals surface area contributed by atoms with E-state index in [-0.39, 0.29) is 5.91 Å². The van der Waals surface area contributed by atoms with Crippen LogP contribution in [-0.2, 0) is 4.79 Å². The van der Waals surface area contributed by atoms with E-state index >= 15 is 0 Å². The minimum Gasteiger partial charge on any atom is -0.334 e. The molecule has 0 bridgehead atoms. The predicted molar refractivity (Wildman–Crippen MR) is 35.5 cm³/mol. The lowest BCUT2D eigenvalue weighted by atomic mass is 10.5. The number of hydrogen-bond donors (Lipinski definition) is 1. The quantitative estimate of drug-likeness (QED) is 0.484. The summed E-state index contributed by atoms with van der Waals surface area (Å²) in [6.45, 7) is 0.965. The largest absolute Gasteiger partial charge is 0.334 e. The molecule has 0 aromatic carbocycles. The first kappa shape index (κ1) is 7.99. The van der Waals surface area contributed by atoms with Crippen LogP contribution in [0.2, 0.25) is 0 Å². The Morgan fingerprint density at radius 3 is 2.78 bits per heavy atom. The van der Waals surface area contributed by atoms with Crippen LogP contribution >= 0.6 is 0 Å². The van der Waals surface area contributed by atoms with Gasteiger partial charge in [-0.1, -0.05) is 0 Å². The van der Waals surface area contributed by atoms with E-state index in [0.29, 0.717) is 13.1 Å². The van der Waals surface area contributed by atoms with Crippen LogP contribution in [0.1, 0.15) is 0 Å². The average Bonchev–Trinajstić information content (AvgIpc) is 1.87. The molecule has 3 heteroatoms. The van der Waals surface area contributed by atoms with Crippen molar-refractivity contribution in [3.63, 3.8) is 0 Å². The van der Waals surface area contributed by atoms with Crippen LogP contribution < -0.4 is 5.73 Å². The van der Waals surface area contributed by atoms with Crippen molar-refractivity contribution in [2.75, 3.05) is 20.1 Å². The molecular weight excluding hydrogens is 116 g/mol. The third-order valence-electron chi connectivity index (χ3n) is 0.935. The van der Waals surface area contributed by atoms with E-state index in [4.69, 9.17) is 12.2 Å². The highest BCUT2D eigenvalue weighted by atomic mass is 16.2. The average molecular weight is 126 g/mol. The van der Waals surface area contributed by atoms with Crippen molar-refractivity contribution in [2.45, 2.75) is 0 Å². The molecule has 0 saturated carbocycles. The predicted octanol–water partition coefficient (Wildman–Crippen LogP) is -0.963. The fraction of sp³-hybridized carbons (Fsp3) is 0.500. The molecule has 0 saturated heterocycles. The minimum atomic E-state index is -0.319. The van der Waals surface area contributed by atoms with E-state index in [2.05, 4.69) is 0 Å². The van der Waals surface area contributed by atoms with Gasteiger partial charge >= 0.3 is 0 Å². The minimum absolute atomic E-state index is 0.319. The Balaban J connectivity index is 3.62. The number of carbonyl (C=O) groups is 1. The zero-order valence-electron chi connectivity index (χ0n) is 5.42. The smallest absolute Gasteiger partial charge is 0.297 e. The molecule has 0 spiro atoms. The first-order valence-electron chi connectivity index (χ1n) is 2.64. The van der Waals surface area contributed by atoms with Crippen LogP contribution in [0.5, 0.6) is 0 Å². The van der Waals surface area contributed by atoms with E-state index in [1.807, 2.05) is 5.92 Å². The van der Waals surface area contributed by atoms with Crippen LogP contribution in [0.3, 0.4) is 0 Å². The Labute approximate surface area is 54.8 Å². The first-order chi connectivity index (χ1) is 4.22. The van der Waals surface area contributed by atoms with Gasteiger partial charge in [0.15, 0.2) is 0 Å². The third-order valence-corrected chi connectivity index (χ3v) is 0.935. The number of nitrogens with two attached hydrogens (primary N) is 1. The topological polar surface area (TPSA) is 46.3 Å². The lowest BCUT2D eigenvalue weighted by molar-refractivity contribution is -0.123. The zero-order chi connectivity index (χ0) is 7.28. The Bertz CT molecular complexity index is 136. The monoisotopic (exact) mass is 126 g/mol. The van der Waals surface area contributed by atoms with Gasteiger partial charge in [0.05, 0.1) is 0 Å². The number of hydrogen-bond acceptors (Lipinski definition) is 2. The number of terminal acetylenes is 1. The molecule has 0 radical (unpaired) electrons. The van der Waals surface area contributed by atoms with Crippen molar-refractivity contribution in [3.8, 4) is 12.3 Å². The molecule has 0 aliphatic rings. The van der Waals surface area contributed by atoms with Gasteiger partial charge in [-0.3, -0.25) is 4.79 Å². The van der Waals surface area contributed by atoms with Gasteiger partial charge in [-0.25, -0.2) is 0 Å². The first-order valence-corrected chi connectivity index (χ1v) is 2.64. The van der Waals surface area contributed by atoms with Crippen molar-refractivity contribution in [1.29, 1.82) is 0 Å².